The van der Waals surface area contributed by atoms with Crippen molar-refractivity contribution in [3.8, 4) is 0 Å². The van der Waals surface area contributed by atoms with E-state index in [-0.39, 0.29) is 5.91 Å². The molecule has 1 aromatic rings. The topological polar surface area (TPSA) is 49.0 Å². The summed E-state index contributed by atoms with van der Waals surface area (Å²) in [5, 5.41) is 6.61. The lowest BCUT2D eigenvalue weighted by Crippen LogP contribution is -2.46. The maximum absolute atomic E-state index is 12.3. The summed E-state index contributed by atoms with van der Waals surface area (Å²) in [7, 11) is 0. The minimum atomic E-state index is 0.0448. The highest BCUT2D eigenvalue weighted by molar-refractivity contribution is 9.10. The van der Waals surface area contributed by atoms with Crippen molar-refractivity contribution in [2.24, 2.45) is 5.92 Å². The van der Waals surface area contributed by atoms with Crippen LogP contribution in [0.25, 0.3) is 0 Å². The number of H-pyrrole nitrogens is 1. The molecule has 0 bridgehead atoms. The molecule has 0 radical (unpaired) electrons. The van der Waals surface area contributed by atoms with Crippen molar-refractivity contribution >= 4 is 21.8 Å². The Hall–Kier alpha value is -0.840. The molecule has 1 aromatic heterocycles. The number of likely N-dealkylation sites (tertiary alicyclic amines) is 1. The Morgan fingerprint density at radius 1 is 1.62 bits per heavy atom. The van der Waals surface area contributed by atoms with Gasteiger partial charge in [-0.2, -0.15) is 5.10 Å². The number of hydrogen-bond donors (Lipinski definition) is 1. The van der Waals surface area contributed by atoms with Gasteiger partial charge in [-0.3, -0.25) is 9.89 Å². The van der Waals surface area contributed by atoms with E-state index in [1.165, 1.54) is 6.42 Å². The molecule has 1 aliphatic heterocycles. The summed E-state index contributed by atoms with van der Waals surface area (Å²) in [6.07, 6.45) is 3.91. The van der Waals surface area contributed by atoms with Crippen LogP contribution >= 0.6 is 15.9 Å². The summed E-state index contributed by atoms with van der Waals surface area (Å²) in [6.45, 7) is 5.16. The summed E-state index contributed by atoms with van der Waals surface area (Å²) < 4.78 is 0.739. The zero-order chi connectivity index (χ0) is 11.7. The van der Waals surface area contributed by atoms with Crippen LogP contribution in [0.1, 0.15) is 37.2 Å². The Bertz CT molecular complexity index is 390. The molecule has 2 unspecified atom stereocenters. The minimum Gasteiger partial charge on any atom is -0.334 e. The summed E-state index contributed by atoms with van der Waals surface area (Å²) >= 11 is 3.33. The van der Waals surface area contributed by atoms with Crippen LogP contribution in [-0.2, 0) is 0 Å². The highest BCUT2D eigenvalue weighted by atomic mass is 79.9. The van der Waals surface area contributed by atoms with Gasteiger partial charge in [-0.15, -0.1) is 0 Å². The van der Waals surface area contributed by atoms with Gasteiger partial charge < -0.3 is 4.90 Å². The maximum Gasteiger partial charge on any atom is 0.273 e. The molecule has 0 aliphatic carbocycles. The van der Waals surface area contributed by atoms with Gasteiger partial charge in [-0.05, 0) is 41.6 Å². The van der Waals surface area contributed by atoms with Crippen LogP contribution in [0, 0.1) is 5.92 Å². The number of halogens is 1. The van der Waals surface area contributed by atoms with Crippen LogP contribution in [-0.4, -0.2) is 33.6 Å². The molecule has 2 atom stereocenters. The fourth-order valence-corrected chi connectivity index (χ4v) is 2.55. The molecule has 0 saturated carbocycles. The van der Waals surface area contributed by atoms with Gasteiger partial charge in [-0.1, -0.05) is 6.92 Å². The van der Waals surface area contributed by atoms with E-state index in [1.807, 2.05) is 4.90 Å². The van der Waals surface area contributed by atoms with Crippen molar-refractivity contribution in [2.75, 3.05) is 6.54 Å². The average Bonchev–Trinajstić information content (AvgIpc) is 2.68. The van der Waals surface area contributed by atoms with Crippen molar-refractivity contribution in [1.29, 1.82) is 0 Å². The average molecular weight is 286 g/mol. The second-order valence-electron chi connectivity index (χ2n) is 4.45. The standard InChI is InChI=1S/C11H16BrN3O/c1-7-4-3-5-15(8(7)2)11(16)10-9(12)6-13-14-10/h6-8H,3-5H2,1-2H3,(H,13,14). The van der Waals surface area contributed by atoms with Gasteiger partial charge in [0.25, 0.3) is 5.91 Å². The van der Waals surface area contributed by atoms with E-state index in [0.29, 0.717) is 17.7 Å². The number of aromatic amines is 1. The number of piperidine rings is 1. The first-order valence-corrected chi connectivity index (χ1v) is 6.40. The van der Waals surface area contributed by atoms with Gasteiger partial charge in [0.1, 0.15) is 5.69 Å². The number of amides is 1. The number of aromatic nitrogens is 2. The highest BCUT2D eigenvalue weighted by Crippen LogP contribution is 2.25. The molecule has 0 aromatic carbocycles. The van der Waals surface area contributed by atoms with Gasteiger partial charge in [0, 0.05) is 12.6 Å². The predicted octanol–water partition coefficient (Wildman–Crippen LogP) is 2.43. The molecule has 1 aliphatic rings. The van der Waals surface area contributed by atoms with Crippen molar-refractivity contribution in [1.82, 2.24) is 15.1 Å². The minimum absolute atomic E-state index is 0.0448. The lowest BCUT2D eigenvalue weighted by Gasteiger charge is -2.37. The summed E-state index contributed by atoms with van der Waals surface area (Å²) in [5.74, 6) is 0.614. The first kappa shape index (κ1) is 11.6. The molecule has 1 saturated heterocycles. The van der Waals surface area contributed by atoms with E-state index in [4.69, 9.17) is 0 Å². The van der Waals surface area contributed by atoms with E-state index in [9.17, 15) is 4.79 Å². The predicted molar refractivity (Wildman–Crippen MR) is 65.2 cm³/mol. The van der Waals surface area contributed by atoms with E-state index in [1.54, 1.807) is 6.20 Å². The third-order valence-corrected chi connectivity index (χ3v) is 4.04. The molecule has 1 N–H and O–H groups in total. The molecule has 16 heavy (non-hydrogen) atoms. The lowest BCUT2D eigenvalue weighted by molar-refractivity contribution is 0.0544. The number of rotatable bonds is 1. The first-order chi connectivity index (χ1) is 7.61. The number of nitrogens with one attached hydrogen (secondary N) is 1. The molecule has 2 rings (SSSR count). The molecule has 1 fully saturated rings. The molecule has 1 amide bonds. The number of carbonyl (C=O) groups is 1. The van der Waals surface area contributed by atoms with Crippen molar-refractivity contribution in [3.05, 3.63) is 16.4 Å². The van der Waals surface area contributed by atoms with Gasteiger partial charge >= 0.3 is 0 Å². The van der Waals surface area contributed by atoms with Gasteiger partial charge in [0.05, 0.1) is 10.7 Å². The molecule has 5 heteroatoms. The molecule has 4 nitrogen and oxygen atoms in total. The fraction of sp³-hybridized carbons (Fsp3) is 0.636. The van der Waals surface area contributed by atoms with Gasteiger partial charge in [0.2, 0.25) is 0 Å². The smallest absolute Gasteiger partial charge is 0.273 e. The van der Waals surface area contributed by atoms with Crippen LogP contribution in [0.5, 0.6) is 0 Å². The van der Waals surface area contributed by atoms with E-state index < -0.39 is 0 Å². The van der Waals surface area contributed by atoms with Crippen LogP contribution in [0.2, 0.25) is 0 Å². The lowest BCUT2D eigenvalue weighted by atomic mass is 9.92. The quantitative estimate of drug-likeness (QED) is 0.862. The van der Waals surface area contributed by atoms with Crippen molar-refractivity contribution in [2.45, 2.75) is 32.7 Å². The summed E-state index contributed by atoms with van der Waals surface area (Å²) in [5.41, 5.74) is 0.556. The monoisotopic (exact) mass is 285 g/mol. The van der Waals surface area contributed by atoms with Gasteiger partial charge in [-0.25, -0.2) is 0 Å². The Kier molecular flexibility index (Phi) is 3.33. The molecule has 88 valence electrons. The number of nitrogens with zero attached hydrogens (tertiary/aromatic N) is 2. The SMILES string of the molecule is CC1CCCN(C(=O)c2[nH]ncc2Br)C1C. The zero-order valence-corrected chi connectivity index (χ0v) is 11.1. The molecular formula is C11H16BrN3O. The van der Waals surface area contributed by atoms with Crippen molar-refractivity contribution < 1.29 is 4.79 Å². The van der Waals surface area contributed by atoms with E-state index in [0.717, 1.165) is 17.4 Å². The molecular weight excluding hydrogens is 270 g/mol. The first-order valence-electron chi connectivity index (χ1n) is 5.61. The maximum atomic E-state index is 12.3. The summed E-state index contributed by atoms with van der Waals surface area (Å²) in [4.78, 5) is 14.2. The zero-order valence-electron chi connectivity index (χ0n) is 9.53. The largest absolute Gasteiger partial charge is 0.334 e. The summed E-state index contributed by atoms with van der Waals surface area (Å²) in [6, 6.07) is 0.302. The van der Waals surface area contributed by atoms with Crippen LogP contribution in [0.3, 0.4) is 0 Å². The number of hydrogen-bond acceptors (Lipinski definition) is 2. The Labute approximate surface area is 104 Å². The Balaban J connectivity index is 2.18. The van der Waals surface area contributed by atoms with E-state index >= 15 is 0 Å². The highest BCUT2D eigenvalue weighted by Gasteiger charge is 2.30. The number of carbonyl (C=O) groups excluding carboxylic acids is 1. The third-order valence-electron chi connectivity index (χ3n) is 3.44. The fourth-order valence-electron chi connectivity index (χ4n) is 2.19. The second kappa shape index (κ2) is 4.57. The van der Waals surface area contributed by atoms with Crippen LogP contribution < -0.4 is 0 Å². The van der Waals surface area contributed by atoms with Gasteiger partial charge in [0.15, 0.2) is 0 Å². The molecule has 2 heterocycles. The normalized spacial score (nSPS) is 25.8. The third kappa shape index (κ3) is 2.00. The van der Waals surface area contributed by atoms with E-state index in [2.05, 4.69) is 40.0 Å². The van der Waals surface area contributed by atoms with Crippen molar-refractivity contribution in [3.63, 3.8) is 0 Å². The molecule has 0 spiro atoms. The Morgan fingerprint density at radius 2 is 2.38 bits per heavy atom. The Morgan fingerprint density at radius 3 is 3.00 bits per heavy atom. The van der Waals surface area contributed by atoms with Crippen LogP contribution in [0.15, 0.2) is 10.7 Å². The van der Waals surface area contributed by atoms with Crippen LogP contribution in [0.4, 0.5) is 0 Å². The second-order valence-corrected chi connectivity index (χ2v) is 5.31.